The number of amides is 2. The molecular formula is C19H18Cl2N2O4. The van der Waals surface area contributed by atoms with Crippen molar-refractivity contribution in [3.63, 3.8) is 0 Å². The van der Waals surface area contributed by atoms with E-state index < -0.39 is 18.5 Å². The molecule has 0 aromatic heterocycles. The highest BCUT2D eigenvalue weighted by molar-refractivity contribution is 6.35. The Morgan fingerprint density at radius 2 is 1.85 bits per heavy atom. The summed E-state index contributed by atoms with van der Waals surface area (Å²) in [4.78, 5) is 34.9. The van der Waals surface area contributed by atoms with E-state index in [0.29, 0.717) is 28.7 Å². The summed E-state index contributed by atoms with van der Waals surface area (Å²) in [6.45, 7) is 1.31. The molecule has 0 bridgehead atoms. The summed E-state index contributed by atoms with van der Waals surface area (Å²) in [5, 5.41) is 6.30. The maximum Gasteiger partial charge on any atom is 0.338 e. The highest BCUT2D eigenvalue weighted by atomic mass is 35.5. The maximum absolute atomic E-state index is 12.0. The Kier molecular flexibility index (Phi) is 7.64. The number of hydrogen-bond donors (Lipinski definition) is 2. The van der Waals surface area contributed by atoms with Gasteiger partial charge in [0, 0.05) is 29.2 Å². The van der Waals surface area contributed by atoms with Gasteiger partial charge in [0.15, 0.2) is 6.61 Å². The van der Waals surface area contributed by atoms with Crippen molar-refractivity contribution in [3.8, 4) is 0 Å². The van der Waals surface area contributed by atoms with Gasteiger partial charge < -0.3 is 15.4 Å². The highest BCUT2D eigenvalue weighted by Crippen LogP contribution is 2.21. The molecule has 0 heterocycles. The number of benzene rings is 2. The fourth-order valence-corrected chi connectivity index (χ4v) is 2.76. The van der Waals surface area contributed by atoms with E-state index >= 15 is 0 Å². The van der Waals surface area contributed by atoms with Gasteiger partial charge >= 0.3 is 5.97 Å². The molecule has 0 aliphatic rings. The van der Waals surface area contributed by atoms with Crippen LogP contribution < -0.4 is 10.6 Å². The predicted molar refractivity (Wildman–Crippen MR) is 104 cm³/mol. The van der Waals surface area contributed by atoms with Crippen LogP contribution in [-0.2, 0) is 20.7 Å². The minimum absolute atomic E-state index is 0.238. The summed E-state index contributed by atoms with van der Waals surface area (Å²) in [5.41, 5.74) is 1.57. The first-order valence-corrected chi connectivity index (χ1v) is 8.86. The third-order valence-corrected chi connectivity index (χ3v) is 4.07. The van der Waals surface area contributed by atoms with Crippen LogP contribution in [0.4, 0.5) is 5.69 Å². The molecule has 0 atom stereocenters. The lowest BCUT2D eigenvalue weighted by atomic mass is 10.1. The number of carbonyl (C=O) groups excluding carboxylic acids is 3. The quantitative estimate of drug-likeness (QED) is 0.686. The van der Waals surface area contributed by atoms with Crippen LogP contribution in [0.15, 0.2) is 42.5 Å². The Hall–Kier alpha value is -2.57. The van der Waals surface area contributed by atoms with Crippen LogP contribution in [0.2, 0.25) is 10.0 Å². The standard InChI is InChI=1S/C19H18Cl2N2O4/c1-12(24)23-16-4-2-3-14(9-16)19(26)27-11-18(25)22-8-7-13-5-6-15(20)10-17(13)21/h2-6,9-10H,7-8,11H2,1H3,(H,22,25)(H,23,24). The van der Waals surface area contributed by atoms with Crippen LogP contribution in [0.1, 0.15) is 22.8 Å². The third-order valence-electron chi connectivity index (χ3n) is 3.48. The van der Waals surface area contributed by atoms with Crippen LogP contribution in [0.3, 0.4) is 0 Å². The Labute approximate surface area is 166 Å². The van der Waals surface area contributed by atoms with Crippen molar-refractivity contribution in [1.82, 2.24) is 5.32 Å². The molecule has 2 rings (SSSR count). The number of halogens is 2. The van der Waals surface area contributed by atoms with Gasteiger partial charge in [-0.2, -0.15) is 0 Å². The van der Waals surface area contributed by atoms with Gasteiger partial charge in [-0.3, -0.25) is 9.59 Å². The zero-order chi connectivity index (χ0) is 19.8. The molecular weight excluding hydrogens is 391 g/mol. The Morgan fingerprint density at radius 3 is 2.56 bits per heavy atom. The van der Waals surface area contributed by atoms with Gasteiger partial charge in [0.2, 0.25) is 5.91 Å². The van der Waals surface area contributed by atoms with E-state index in [1.807, 2.05) is 0 Å². The zero-order valence-corrected chi connectivity index (χ0v) is 16.1. The summed E-state index contributed by atoms with van der Waals surface area (Å²) in [5.74, 6) is -1.33. The van der Waals surface area contributed by atoms with E-state index in [-0.39, 0.29) is 11.5 Å². The molecule has 0 spiro atoms. The first-order valence-electron chi connectivity index (χ1n) is 8.10. The summed E-state index contributed by atoms with van der Waals surface area (Å²) < 4.78 is 4.98. The van der Waals surface area contributed by atoms with Crippen LogP contribution in [0.25, 0.3) is 0 Å². The topological polar surface area (TPSA) is 84.5 Å². The lowest BCUT2D eigenvalue weighted by molar-refractivity contribution is -0.124. The first kappa shape index (κ1) is 20.7. The largest absolute Gasteiger partial charge is 0.452 e. The van der Waals surface area contributed by atoms with Crippen molar-refractivity contribution in [2.75, 3.05) is 18.5 Å². The van der Waals surface area contributed by atoms with E-state index in [1.165, 1.54) is 19.1 Å². The minimum Gasteiger partial charge on any atom is -0.452 e. The molecule has 2 aromatic carbocycles. The lowest BCUT2D eigenvalue weighted by Gasteiger charge is -2.09. The number of nitrogens with one attached hydrogen (secondary N) is 2. The first-order chi connectivity index (χ1) is 12.8. The normalized spacial score (nSPS) is 10.2. The second-order valence-corrected chi connectivity index (χ2v) is 6.52. The van der Waals surface area contributed by atoms with Gasteiger partial charge in [-0.15, -0.1) is 0 Å². The lowest BCUT2D eigenvalue weighted by Crippen LogP contribution is -2.30. The van der Waals surface area contributed by atoms with Crippen molar-refractivity contribution >= 4 is 46.7 Å². The number of carbonyl (C=O) groups is 3. The molecule has 2 N–H and O–H groups in total. The van der Waals surface area contributed by atoms with Gasteiger partial charge in [0.25, 0.3) is 5.91 Å². The fraction of sp³-hybridized carbons (Fsp3) is 0.211. The van der Waals surface area contributed by atoms with Crippen molar-refractivity contribution < 1.29 is 19.1 Å². The Balaban J connectivity index is 1.78. The van der Waals surface area contributed by atoms with Gasteiger partial charge in [-0.05, 0) is 42.3 Å². The second kappa shape index (κ2) is 9.94. The van der Waals surface area contributed by atoms with E-state index in [9.17, 15) is 14.4 Å². The molecule has 142 valence electrons. The summed E-state index contributed by atoms with van der Waals surface area (Å²) in [7, 11) is 0. The van der Waals surface area contributed by atoms with E-state index in [2.05, 4.69) is 10.6 Å². The number of anilines is 1. The van der Waals surface area contributed by atoms with E-state index in [4.69, 9.17) is 27.9 Å². The van der Waals surface area contributed by atoms with Crippen LogP contribution in [-0.4, -0.2) is 30.9 Å². The second-order valence-electron chi connectivity index (χ2n) is 5.67. The summed E-state index contributed by atoms with van der Waals surface area (Å²) >= 11 is 11.9. The van der Waals surface area contributed by atoms with Crippen molar-refractivity contribution in [3.05, 3.63) is 63.6 Å². The molecule has 0 unspecified atom stereocenters. The predicted octanol–water partition coefficient (Wildman–Crippen LogP) is 3.47. The van der Waals surface area contributed by atoms with Crippen molar-refractivity contribution in [2.45, 2.75) is 13.3 Å². The molecule has 0 aliphatic heterocycles. The molecule has 0 saturated carbocycles. The third kappa shape index (κ3) is 6.92. The molecule has 27 heavy (non-hydrogen) atoms. The van der Waals surface area contributed by atoms with Gasteiger partial charge in [-0.25, -0.2) is 4.79 Å². The molecule has 0 aliphatic carbocycles. The van der Waals surface area contributed by atoms with Gasteiger partial charge in [-0.1, -0.05) is 35.3 Å². The molecule has 6 nitrogen and oxygen atoms in total. The zero-order valence-electron chi connectivity index (χ0n) is 14.6. The molecule has 0 saturated heterocycles. The van der Waals surface area contributed by atoms with Crippen LogP contribution in [0.5, 0.6) is 0 Å². The summed E-state index contributed by atoms with van der Waals surface area (Å²) in [6.07, 6.45) is 0.522. The van der Waals surface area contributed by atoms with Gasteiger partial charge in [0.1, 0.15) is 0 Å². The smallest absolute Gasteiger partial charge is 0.338 e. The van der Waals surface area contributed by atoms with Crippen molar-refractivity contribution in [1.29, 1.82) is 0 Å². The molecule has 8 heteroatoms. The number of ether oxygens (including phenoxy) is 1. The maximum atomic E-state index is 12.0. The Bertz CT molecular complexity index is 855. The average Bonchev–Trinajstić information content (AvgIpc) is 2.61. The number of rotatable bonds is 7. The summed E-state index contributed by atoms with van der Waals surface area (Å²) in [6, 6.07) is 11.4. The average molecular weight is 409 g/mol. The monoisotopic (exact) mass is 408 g/mol. The van der Waals surface area contributed by atoms with Crippen LogP contribution in [0, 0.1) is 0 Å². The minimum atomic E-state index is -0.655. The van der Waals surface area contributed by atoms with Gasteiger partial charge in [0.05, 0.1) is 5.56 Å². The highest BCUT2D eigenvalue weighted by Gasteiger charge is 2.11. The fourth-order valence-electron chi connectivity index (χ4n) is 2.25. The molecule has 2 aromatic rings. The number of esters is 1. The molecule has 2 amide bonds. The Morgan fingerprint density at radius 1 is 1.07 bits per heavy atom. The molecule has 0 fully saturated rings. The number of hydrogen-bond acceptors (Lipinski definition) is 4. The molecule has 0 radical (unpaired) electrons. The SMILES string of the molecule is CC(=O)Nc1cccc(C(=O)OCC(=O)NCCc2ccc(Cl)cc2Cl)c1. The van der Waals surface area contributed by atoms with E-state index in [0.717, 1.165) is 5.56 Å². The van der Waals surface area contributed by atoms with Crippen molar-refractivity contribution in [2.24, 2.45) is 0 Å². The van der Waals surface area contributed by atoms with Crippen LogP contribution >= 0.6 is 23.2 Å². The van der Waals surface area contributed by atoms with E-state index in [1.54, 1.807) is 30.3 Å².